The molecule has 0 bridgehead atoms. The highest BCUT2D eigenvalue weighted by molar-refractivity contribution is 5.79. The lowest BCUT2D eigenvalue weighted by Crippen LogP contribution is -2.37. The van der Waals surface area contributed by atoms with Crippen LogP contribution in [0.3, 0.4) is 0 Å². The van der Waals surface area contributed by atoms with Gasteiger partial charge in [-0.2, -0.15) is 18.3 Å². The minimum Gasteiger partial charge on any atom is -0.343 e. The summed E-state index contributed by atoms with van der Waals surface area (Å²) in [4.78, 5) is 14.4. The molecule has 1 aromatic carbocycles. The minimum atomic E-state index is -4.42. The number of benzene rings is 1. The van der Waals surface area contributed by atoms with E-state index in [4.69, 9.17) is 0 Å². The van der Waals surface area contributed by atoms with Crippen LogP contribution in [-0.2, 0) is 17.4 Å². The molecule has 0 aliphatic carbocycles. The first-order chi connectivity index (χ1) is 12.9. The molecular formula is C21H28F3N3O. The number of nitrogens with zero attached hydrogens (tertiary/aromatic N) is 3. The molecule has 1 unspecified atom stereocenters. The van der Waals surface area contributed by atoms with E-state index in [0.29, 0.717) is 23.0 Å². The first-order valence-electron chi connectivity index (χ1n) is 9.40. The number of amides is 1. The second-order valence-corrected chi connectivity index (χ2v) is 7.77. The largest absolute Gasteiger partial charge is 0.416 e. The number of hydrogen-bond donors (Lipinski definition) is 0. The van der Waals surface area contributed by atoms with Crippen molar-refractivity contribution >= 4 is 5.91 Å². The van der Waals surface area contributed by atoms with Crippen LogP contribution in [0.1, 0.15) is 49.7 Å². The fraction of sp³-hybridized carbons (Fsp3) is 0.524. The predicted octanol–water partition coefficient (Wildman–Crippen LogP) is 4.94. The lowest BCUT2D eigenvalue weighted by Gasteiger charge is -2.26. The third-order valence-electron chi connectivity index (χ3n) is 5.05. The third kappa shape index (κ3) is 4.94. The summed E-state index contributed by atoms with van der Waals surface area (Å²) < 4.78 is 40.5. The number of alkyl halides is 3. The number of halogens is 3. The van der Waals surface area contributed by atoms with Gasteiger partial charge >= 0.3 is 6.18 Å². The molecule has 0 aliphatic heterocycles. The topological polar surface area (TPSA) is 38.1 Å². The Balaban J connectivity index is 2.28. The van der Waals surface area contributed by atoms with Gasteiger partial charge in [0.05, 0.1) is 23.4 Å². The van der Waals surface area contributed by atoms with Crippen LogP contribution in [0, 0.1) is 19.8 Å². The van der Waals surface area contributed by atoms with Crippen molar-refractivity contribution in [2.24, 2.45) is 5.92 Å². The van der Waals surface area contributed by atoms with Gasteiger partial charge in [-0.25, -0.2) is 4.68 Å². The lowest BCUT2D eigenvalue weighted by molar-refractivity contribution is -0.137. The zero-order valence-corrected chi connectivity index (χ0v) is 17.3. The molecule has 0 fully saturated rings. The fourth-order valence-electron chi connectivity index (χ4n) is 3.36. The summed E-state index contributed by atoms with van der Waals surface area (Å²) >= 11 is 0. The van der Waals surface area contributed by atoms with E-state index in [9.17, 15) is 18.0 Å². The van der Waals surface area contributed by atoms with Crippen molar-refractivity contribution in [1.82, 2.24) is 14.7 Å². The van der Waals surface area contributed by atoms with Gasteiger partial charge in [0.1, 0.15) is 0 Å². The fourth-order valence-corrected chi connectivity index (χ4v) is 3.36. The molecule has 7 heteroatoms. The number of hydrogen-bond acceptors (Lipinski definition) is 2. The monoisotopic (exact) mass is 395 g/mol. The summed E-state index contributed by atoms with van der Waals surface area (Å²) in [5.74, 6) is 0.459. The number of likely N-dealkylation sites (N-methyl/N-ethyl adjacent to an activating group) is 1. The Morgan fingerprint density at radius 3 is 2.43 bits per heavy atom. The average molecular weight is 395 g/mol. The second-order valence-electron chi connectivity index (χ2n) is 7.77. The molecule has 1 atom stereocenters. The average Bonchev–Trinajstić information content (AvgIpc) is 2.88. The first-order valence-corrected chi connectivity index (χ1v) is 9.40. The van der Waals surface area contributed by atoms with Crippen LogP contribution in [0.5, 0.6) is 0 Å². The minimum absolute atomic E-state index is 0.0251. The van der Waals surface area contributed by atoms with E-state index in [1.165, 1.54) is 10.7 Å². The zero-order chi connectivity index (χ0) is 21.2. The van der Waals surface area contributed by atoms with Crippen molar-refractivity contribution in [3.63, 3.8) is 0 Å². The Kier molecular flexibility index (Phi) is 6.57. The molecule has 0 N–H and O–H groups in total. The van der Waals surface area contributed by atoms with E-state index in [2.05, 4.69) is 18.9 Å². The van der Waals surface area contributed by atoms with Crippen molar-refractivity contribution in [3.8, 4) is 5.69 Å². The van der Waals surface area contributed by atoms with E-state index < -0.39 is 11.7 Å². The molecule has 28 heavy (non-hydrogen) atoms. The molecular weight excluding hydrogens is 367 g/mol. The Morgan fingerprint density at radius 1 is 1.21 bits per heavy atom. The maximum Gasteiger partial charge on any atom is 0.416 e. The summed E-state index contributed by atoms with van der Waals surface area (Å²) in [5.41, 5.74) is 1.68. The van der Waals surface area contributed by atoms with Gasteiger partial charge in [0, 0.05) is 24.3 Å². The van der Waals surface area contributed by atoms with Crippen LogP contribution in [0.2, 0.25) is 0 Å². The molecule has 154 valence electrons. The number of aromatic nitrogens is 2. The molecule has 0 aliphatic rings. The molecule has 2 rings (SSSR count). The van der Waals surface area contributed by atoms with Gasteiger partial charge < -0.3 is 4.90 Å². The van der Waals surface area contributed by atoms with Gasteiger partial charge in [-0.1, -0.05) is 19.9 Å². The quantitative estimate of drug-likeness (QED) is 0.695. The van der Waals surface area contributed by atoms with Crippen LogP contribution < -0.4 is 0 Å². The molecule has 0 radical (unpaired) electrons. The highest BCUT2D eigenvalue weighted by Crippen LogP contribution is 2.31. The maximum atomic E-state index is 13.0. The summed E-state index contributed by atoms with van der Waals surface area (Å²) in [6.07, 6.45) is -3.33. The van der Waals surface area contributed by atoms with E-state index in [0.717, 1.165) is 24.1 Å². The van der Waals surface area contributed by atoms with E-state index in [1.54, 1.807) is 31.9 Å². The van der Waals surface area contributed by atoms with Crippen LogP contribution in [0.25, 0.3) is 5.69 Å². The molecule has 0 spiro atoms. The van der Waals surface area contributed by atoms with Crippen LogP contribution in [-0.4, -0.2) is 33.7 Å². The van der Waals surface area contributed by atoms with Gasteiger partial charge in [0.25, 0.3) is 0 Å². The van der Waals surface area contributed by atoms with Crippen molar-refractivity contribution in [1.29, 1.82) is 0 Å². The third-order valence-corrected chi connectivity index (χ3v) is 5.05. The number of carbonyl (C=O) groups is 1. The SMILES string of the molecule is Cc1nn(-c2cccc(C(F)(F)F)c2)c(C)c1CC(=O)N(C)C(C)CC(C)C. The molecule has 1 amide bonds. The Morgan fingerprint density at radius 2 is 1.86 bits per heavy atom. The zero-order valence-electron chi connectivity index (χ0n) is 17.3. The normalized spacial score (nSPS) is 13.1. The molecule has 1 aromatic heterocycles. The van der Waals surface area contributed by atoms with E-state index in [1.807, 2.05) is 6.92 Å². The number of rotatable bonds is 6. The molecule has 1 heterocycles. The Labute approximate surface area is 164 Å². The van der Waals surface area contributed by atoms with Crippen molar-refractivity contribution in [2.75, 3.05) is 7.05 Å². The molecule has 0 saturated carbocycles. The first kappa shape index (κ1) is 22.0. The van der Waals surface area contributed by atoms with Crippen LogP contribution in [0.4, 0.5) is 13.2 Å². The molecule has 0 saturated heterocycles. The molecule has 2 aromatic rings. The van der Waals surface area contributed by atoms with Crippen molar-refractivity contribution in [3.05, 3.63) is 46.8 Å². The lowest BCUT2D eigenvalue weighted by atomic mass is 10.0. The predicted molar refractivity (Wildman–Crippen MR) is 103 cm³/mol. The van der Waals surface area contributed by atoms with Crippen LogP contribution in [0.15, 0.2) is 24.3 Å². The summed E-state index contributed by atoms with van der Waals surface area (Å²) in [7, 11) is 1.79. The summed E-state index contributed by atoms with van der Waals surface area (Å²) in [5, 5.41) is 4.39. The summed E-state index contributed by atoms with van der Waals surface area (Å²) in [6.45, 7) is 9.80. The van der Waals surface area contributed by atoms with Gasteiger partial charge in [-0.05, 0) is 51.3 Å². The van der Waals surface area contributed by atoms with Gasteiger partial charge in [-0.15, -0.1) is 0 Å². The van der Waals surface area contributed by atoms with E-state index >= 15 is 0 Å². The maximum absolute atomic E-state index is 13.0. The molecule has 4 nitrogen and oxygen atoms in total. The number of aryl methyl sites for hydroxylation is 1. The highest BCUT2D eigenvalue weighted by atomic mass is 19.4. The Hall–Kier alpha value is -2.31. The van der Waals surface area contributed by atoms with Crippen molar-refractivity contribution < 1.29 is 18.0 Å². The smallest absolute Gasteiger partial charge is 0.343 e. The van der Waals surface area contributed by atoms with Gasteiger partial charge in [0.15, 0.2) is 0 Å². The van der Waals surface area contributed by atoms with E-state index in [-0.39, 0.29) is 18.4 Å². The second kappa shape index (κ2) is 8.37. The van der Waals surface area contributed by atoms with Gasteiger partial charge in [-0.3, -0.25) is 4.79 Å². The Bertz CT molecular complexity index is 840. The highest BCUT2D eigenvalue weighted by Gasteiger charge is 2.31. The van der Waals surface area contributed by atoms with Crippen LogP contribution >= 0.6 is 0 Å². The van der Waals surface area contributed by atoms with Crippen molar-refractivity contribution in [2.45, 2.75) is 59.7 Å². The standard InChI is InChI=1S/C21H28F3N3O/c1-13(2)10-14(3)26(6)20(28)12-19-15(4)25-27(16(19)5)18-9-7-8-17(11-18)21(22,23)24/h7-9,11,13-14H,10,12H2,1-6H3. The summed E-state index contributed by atoms with van der Waals surface area (Å²) in [6, 6.07) is 5.16. The van der Waals surface area contributed by atoms with Gasteiger partial charge in [0.2, 0.25) is 5.91 Å². The number of carbonyl (C=O) groups excluding carboxylic acids is 1.